The zero-order chi connectivity index (χ0) is 12.5. The van der Waals surface area contributed by atoms with Gasteiger partial charge >= 0.3 is 0 Å². The number of nitrogens with two attached hydrogens (primary N) is 1. The molecule has 1 aromatic carbocycles. The second-order valence-corrected chi connectivity index (χ2v) is 4.91. The van der Waals surface area contributed by atoms with Gasteiger partial charge in [0.2, 0.25) is 0 Å². The summed E-state index contributed by atoms with van der Waals surface area (Å²) in [7, 11) is 0. The van der Waals surface area contributed by atoms with Gasteiger partial charge in [0.05, 0.1) is 11.0 Å². The van der Waals surface area contributed by atoms with Gasteiger partial charge in [-0.2, -0.15) is 0 Å². The molecule has 19 heavy (non-hydrogen) atoms. The lowest BCUT2D eigenvalue weighted by molar-refractivity contribution is 0.671. The number of hydrogen-bond donors (Lipinski definition) is 1. The van der Waals surface area contributed by atoms with Crippen LogP contribution in [0.2, 0.25) is 5.15 Å². The minimum Gasteiger partial charge on any atom is -0.350 e. The highest BCUT2D eigenvalue weighted by Crippen LogP contribution is 2.30. The molecule has 0 bridgehead atoms. The Hall–Kier alpha value is -1.10. The van der Waals surface area contributed by atoms with Gasteiger partial charge in [-0.15, -0.1) is 12.4 Å². The SMILES string of the molecule is Cl.NCC1CCCN1c1nc2ccccc2nc1Cl. The fourth-order valence-corrected chi connectivity index (χ4v) is 2.75. The molecule has 1 fully saturated rings. The summed E-state index contributed by atoms with van der Waals surface area (Å²) in [5.74, 6) is 0.767. The Bertz CT molecular complexity index is 576. The first-order chi connectivity index (χ1) is 8.79. The molecule has 0 aliphatic carbocycles. The van der Waals surface area contributed by atoms with E-state index >= 15 is 0 Å². The van der Waals surface area contributed by atoms with Crippen LogP contribution in [0.25, 0.3) is 11.0 Å². The maximum Gasteiger partial charge on any atom is 0.172 e. The molecular weight excluding hydrogens is 283 g/mol. The quantitative estimate of drug-likeness (QED) is 0.926. The summed E-state index contributed by atoms with van der Waals surface area (Å²) < 4.78 is 0. The summed E-state index contributed by atoms with van der Waals surface area (Å²) in [6.07, 6.45) is 2.23. The van der Waals surface area contributed by atoms with Crippen molar-refractivity contribution in [3.63, 3.8) is 0 Å². The molecule has 2 N–H and O–H groups in total. The predicted molar refractivity (Wildman–Crippen MR) is 81.2 cm³/mol. The molecule has 4 nitrogen and oxygen atoms in total. The summed E-state index contributed by atoms with van der Waals surface area (Å²) in [6.45, 7) is 1.58. The first-order valence-corrected chi connectivity index (χ1v) is 6.56. The van der Waals surface area contributed by atoms with Crippen molar-refractivity contribution < 1.29 is 0 Å². The molecule has 102 valence electrons. The van der Waals surface area contributed by atoms with E-state index in [4.69, 9.17) is 17.3 Å². The second kappa shape index (κ2) is 5.90. The Morgan fingerprint density at radius 1 is 1.26 bits per heavy atom. The number of para-hydroxylation sites is 2. The summed E-state index contributed by atoms with van der Waals surface area (Å²) in [5, 5.41) is 0.467. The highest BCUT2D eigenvalue weighted by molar-refractivity contribution is 6.32. The van der Waals surface area contributed by atoms with E-state index in [2.05, 4.69) is 14.9 Å². The monoisotopic (exact) mass is 298 g/mol. The highest BCUT2D eigenvalue weighted by Gasteiger charge is 2.26. The van der Waals surface area contributed by atoms with Gasteiger partial charge in [0, 0.05) is 19.1 Å². The molecule has 1 atom stereocenters. The van der Waals surface area contributed by atoms with Crippen molar-refractivity contribution in [1.29, 1.82) is 0 Å². The van der Waals surface area contributed by atoms with Crippen LogP contribution in [0.4, 0.5) is 5.82 Å². The van der Waals surface area contributed by atoms with Crippen LogP contribution in [0.3, 0.4) is 0 Å². The molecule has 1 aromatic heterocycles. The molecule has 1 aliphatic rings. The van der Waals surface area contributed by atoms with Gasteiger partial charge in [-0.05, 0) is 25.0 Å². The fourth-order valence-electron chi connectivity index (χ4n) is 2.51. The Kier molecular flexibility index (Phi) is 4.45. The fraction of sp³-hybridized carbons (Fsp3) is 0.385. The first kappa shape index (κ1) is 14.3. The standard InChI is InChI=1S/C13H15ClN4.ClH/c14-12-13(18-7-3-4-9(18)8-15)17-11-6-2-1-5-10(11)16-12;/h1-2,5-6,9H,3-4,7-8,15H2;1H. The Labute approximate surface area is 123 Å². The zero-order valence-corrected chi connectivity index (χ0v) is 12.0. The topological polar surface area (TPSA) is 55.0 Å². The van der Waals surface area contributed by atoms with E-state index in [0.29, 0.717) is 17.7 Å². The van der Waals surface area contributed by atoms with Gasteiger partial charge in [0.1, 0.15) is 0 Å². The van der Waals surface area contributed by atoms with Crippen molar-refractivity contribution in [2.45, 2.75) is 18.9 Å². The summed E-state index contributed by atoms with van der Waals surface area (Å²) in [4.78, 5) is 11.2. The zero-order valence-electron chi connectivity index (χ0n) is 10.4. The smallest absolute Gasteiger partial charge is 0.172 e. The molecule has 6 heteroatoms. The van der Waals surface area contributed by atoms with E-state index < -0.39 is 0 Å². The third-order valence-electron chi connectivity index (χ3n) is 3.43. The maximum absolute atomic E-state index is 6.25. The molecule has 1 aliphatic heterocycles. The average Bonchev–Trinajstić information content (AvgIpc) is 2.86. The van der Waals surface area contributed by atoms with Gasteiger partial charge in [-0.3, -0.25) is 0 Å². The average molecular weight is 299 g/mol. The van der Waals surface area contributed by atoms with Crippen LogP contribution in [0.15, 0.2) is 24.3 Å². The van der Waals surface area contributed by atoms with E-state index in [1.165, 1.54) is 0 Å². The van der Waals surface area contributed by atoms with Crippen LogP contribution < -0.4 is 10.6 Å². The number of hydrogen-bond acceptors (Lipinski definition) is 4. The lowest BCUT2D eigenvalue weighted by Crippen LogP contribution is -2.36. The van der Waals surface area contributed by atoms with Crippen LogP contribution in [-0.4, -0.2) is 29.1 Å². The van der Waals surface area contributed by atoms with Crippen LogP contribution in [0, 0.1) is 0 Å². The van der Waals surface area contributed by atoms with E-state index in [1.54, 1.807) is 0 Å². The summed E-state index contributed by atoms with van der Waals surface area (Å²) >= 11 is 6.25. The number of halogens is 2. The number of fused-ring (bicyclic) bond motifs is 1. The van der Waals surface area contributed by atoms with E-state index in [1.807, 2.05) is 24.3 Å². The molecule has 1 unspecified atom stereocenters. The molecule has 2 heterocycles. The van der Waals surface area contributed by atoms with E-state index in [-0.39, 0.29) is 12.4 Å². The number of anilines is 1. The Balaban J connectivity index is 0.00000133. The second-order valence-electron chi connectivity index (χ2n) is 4.55. The van der Waals surface area contributed by atoms with Crippen molar-refractivity contribution >= 4 is 40.9 Å². The minimum atomic E-state index is 0. The van der Waals surface area contributed by atoms with Gasteiger partial charge in [0.15, 0.2) is 11.0 Å². The molecule has 0 radical (unpaired) electrons. The molecule has 0 amide bonds. The summed E-state index contributed by atoms with van der Waals surface area (Å²) in [6, 6.07) is 8.10. The van der Waals surface area contributed by atoms with Crippen LogP contribution in [0.5, 0.6) is 0 Å². The normalized spacial score (nSPS) is 18.6. The summed E-state index contributed by atoms with van der Waals surface area (Å²) in [5.41, 5.74) is 7.49. The largest absolute Gasteiger partial charge is 0.350 e. The highest BCUT2D eigenvalue weighted by atomic mass is 35.5. The van der Waals surface area contributed by atoms with Gasteiger partial charge in [0.25, 0.3) is 0 Å². The third kappa shape index (κ3) is 2.61. The van der Waals surface area contributed by atoms with E-state index in [0.717, 1.165) is 36.2 Å². The van der Waals surface area contributed by atoms with E-state index in [9.17, 15) is 0 Å². The molecule has 1 saturated heterocycles. The van der Waals surface area contributed by atoms with Gasteiger partial charge in [-0.1, -0.05) is 23.7 Å². The first-order valence-electron chi connectivity index (χ1n) is 6.18. The number of rotatable bonds is 2. The van der Waals surface area contributed by atoms with Crippen LogP contribution >= 0.6 is 24.0 Å². The number of benzene rings is 1. The van der Waals surface area contributed by atoms with Crippen LogP contribution in [-0.2, 0) is 0 Å². The number of nitrogens with zero attached hydrogens (tertiary/aromatic N) is 3. The third-order valence-corrected chi connectivity index (χ3v) is 3.69. The molecule has 0 spiro atoms. The lowest BCUT2D eigenvalue weighted by Gasteiger charge is -2.25. The maximum atomic E-state index is 6.25. The molecule has 2 aromatic rings. The van der Waals surface area contributed by atoms with Crippen molar-refractivity contribution in [1.82, 2.24) is 9.97 Å². The molecular formula is C13H16Cl2N4. The molecule has 3 rings (SSSR count). The minimum absolute atomic E-state index is 0. The van der Waals surface area contributed by atoms with Crippen LogP contribution in [0.1, 0.15) is 12.8 Å². The Morgan fingerprint density at radius 2 is 1.95 bits per heavy atom. The van der Waals surface area contributed by atoms with Gasteiger partial charge in [-0.25, -0.2) is 9.97 Å². The predicted octanol–water partition coefficient (Wildman–Crippen LogP) is 2.63. The lowest BCUT2D eigenvalue weighted by atomic mass is 10.2. The number of aromatic nitrogens is 2. The van der Waals surface area contributed by atoms with Gasteiger partial charge < -0.3 is 10.6 Å². The van der Waals surface area contributed by atoms with Crippen molar-refractivity contribution in [3.05, 3.63) is 29.4 Å². The van der Waals surface area contributed by atoms with Crippen molar-refractivity contribution in [2.24, 2.45) is 5.73 Å². The van der Waals surface area contributed by atoms with Crippen molar-refractivity contribution in [2.75, 3.05) is 18.0 Å². The van der Waals surface area contributed by atoms with Crippen molar-refractivity contribution in [3.8, 4) is 0 Å². The molecule has 0 saturated carbocycles. The Morgan fingerprint density at radius 3 is 2.63 bits per heavy atom.